The second-order valence-corrected chi connectivity index (χ2v) is 5.11. The van der Waals surface area contributed by atoms with Gasteiger partial charge in [0.15, 0.2) is 0 Å². The van der Waals surface area contributed by atoms with Crippen LogP contribution in [0.5, 0.6) is 5.75 Å². The van der Waals surface area contributed by atoms with E-state index in [1.807, 2.05) is 18.2 Å². The SMILES string of the molecule is Fc1ccc(Cl)cc1COc1cccc(C#CCCCl)c1. The normalized spacial score (nSPS) is 9.86. The maximum atomic E-state index is 13.6. The highest BCUT2D eigenvalue weighted by atomic mass is 35.5. The van der Waals surface area contributed by atoms with Crippen molar-refractivity contribution in [2.45, 2.75) is 13.0 Å². The van der Waals surface area contributed by atoms with Gasteiger partial charge in [0.25, 0.3) is 0 Å². The van der Waals surface area contributed by atoms with Gasteiger partial charge in [-0.05, 0) is 36.4 Å². The topological polar surface area (TPSA) is 9.23 Å². The molecule has 0 saturated heterocycles. The maximum absolute atomic E-state index is 13.6. The smallest absolute Gasteiger partial charge is 0.129 e. The van der Waals surface area contributed by atoms with Crippen molar-refractivity contribution in [1.82, 2.24) is 0 Å². The summed E-state index contributed by atoms with van der Waals surface area (Å²) in [5.41, 5.74) is 1.25. The molecule has 0 aliphatic heterocycles. The zero-order valence-electron chi connectivity index (χ0n) is 11.2. The fraction of sp³-hybridized carbons (Fsp3) is 0.176. The molecule has 2 aromatic carbocycles. The number of hydrogen-bond acceptors (Lipinski definition) is 1. The molecule has 2 rings (SSSR count). The van der Waals surface area contributed by atoms with Crippen LogP contribution in [0.4, 0.5) is 4.39 Å². The average molecular weight is 323 g/mol. The molecule has 0 unspecified atom stereocenters. The molecule has 0 aliphatic rings. The lowest BCUT2D eigenvalue weighted by molar-refractivity contribution is 0.300. The van der Waals surface area contributed by atoms with E-state index in [-0.39, 0.29) is 12.4 Å². The van der Waals surface area contributed by atoms with E-state index < -0.39 is 0 Å². The predicted octanol–water partition coefficient (Wildman–Crippen LogP) is 5.04. The Hall–Kier alpha value is -1.69. The summed E-state index contributed by atoms with van der Waals surface area (Å²) in [7, 11) is 0. The van der Waals surface area contributed by atoms with Gasteiger partial charge in [0, 0.05) is 28.5 Å². The summed E-state index contributed by atoms with van der Waals surface area (Å²) in [5, 5.41) is 0.482. The third kappa shape index (κ3) is 4.97. The first-order chi connectivity index (χ1) is 10.2. The van der Waals surface area contributed by atoms with E-state index in [9.17, 15) is 4.39 Å². The molecule has 0 atom stereocenters. The van der Waals surface area contributed by atoms with Crippen LogP contribution in [-0.4, -0.2) is 5.88 Å². The fourth-order valence-electron chi connectivity index (χ4n) is 1.69. The molecule has 1 nitrogen and oxygen atoms in total. The Kier molecular flexibility index (Phi) is 5.92. The maximum Gasteiger partial charge on any atom is 0.129 e. The molecule has 0 radical (unpaired) electrons. The Morgan fingerprint density at radius 2 is 2.00 bits per heavy atom. The van der Waals surface area contributed by atoms with Gasteiger partial charge >= 0.3 is 0 Å². The number of rotatable bonds is 4. The Bertz CT molecular complexity index is 674. The molecule has 0 amide bonds. The Morgan fingerprint density at radius 3 is 2.81 bits per heavy atom. The van der Waals surface area contributed by atoms with Crippen LogP contribution >= 0.6 is 23.2 Å². The van der Waals surface area contributed by atoms with Gasteiger partial charge in [-0.25, -0.2) is 4.39 Å². The molecule has 0 heterocycles. The van der Waals surface area contributed by atoms with E-state index in [0.29, 0.717) is 28.6 Å². The molecule has 21 heavy (non-hydrogen) atoms. The minimum absolute atomic E-state index is 0.116. The number of ether oxygens (including phenoxy) is 1. The van der Waals surface area contributed by atoms with Crippen LogP contribution in [0, 0.1) is 17.7 Å². The highest BCUT2D eigenvalue weighted by Gasteiger charge is 2.04. The molecule has 0 aliphatic carbocycles. The van der Waals surface area contributed by atoms with Crippen LogP contribution in [0.1, 0.15) is 17.5 Å². The van der Waals surface area contributed by atoms with E-state index in [1.165, 1.54) is 12.1 Å². The molecule has 0 saturated carbocycles. The van der Waals surface area contributed by atoms with E-state index in [1.54, 1.807) is 12.1 Å². The highest BCUT2D eigenvalue weighted by Crippen LogP contribution is 2.18. The fourth-order valence-corrected chi connectivity index (χ4v) is 1.98. The third-order valence-corrected chi connectivity index (χ3v) is 3.11. The standard InChI is InChI=1S/C17H13Cl2FO/c18-9-2-1-4-13-5-3-6-16(10-13)21-12-14-11-15(19)7-8-17(14)20/h3,5-8,10-11H,2,9,12H2. The molecular formula is C17H13Cl2FO. The van der Waals surface area contributed by atoms with Gasteiger partial charge in [-0.2, -0.15) is 0 Å². The van der Waals surface area contributed by atoms with Crippen molar-refractivity contribution in [2.75, 3.05) is 5.88 Å². The summed E-state index contributed by atoms with van der Waals surface area (Å²) in [4.78, 5) is 0. The molecular weight excluding hydrogens is 310 g/mol. The van der Waals surface area contributed by atoms with Gasteiger partial charge in [-0.15, -0.1) is 11.6 Å². The Balaban J connectivity index is 2.05. The molecule has 0 bridgehead atoms. The third-order valence-electron chi connectivity index (χ3n) is 2.69. The lowest BCUT2D eigenvalue weighted by Crippen LogP contribution is -1.98. The first kappa shape index (κ1) is 15.7. The van der Waals surface area contributed by atoms with Crippen LogP contribution in [0.25, 0.3) is 0 Å². The summed E-state index contributed by atoms with van der Waals surface area (Å²) in [6.07, 6.45) is 0.639. The lowest BCUT2D eigenvalue weighted by Gasteiger charge is -2.08. The molecule has 0 N–H and O–H groups in total. The first-order valence-corrected chi connectivity index (χ1v) is 7.32. The van der Waals surface area contributed by atoms with Crippen molar-refractivity contribution in [3.05, 3.63) is 64.4 Å². The predicted molar refractivity (Wildman–Crippen MR) is 84.4 cm³/mol. The van der Waals surface area contributed by atoms with Crippen LogP contribution in [0.15, 0.2) is 42.5 Å². The van der Waals surface area contributed by atoms with Gasteiger partial charge in [0.1, 0.15) is 18.2 Å². The van der Waals surface area contributed by atoms with Crippen LogP contribution < -0.4 is 4.74 Å². The van der Waals surface area contributed by atoms with Crippen LogP contribution in [-0.2, 0) is 6.61 Å². The lowest BCUT2D eigenvalue weighted by atomic mass is 10.2. The van der Waals surface area contributed by atoms with Crippen molar-refractivity contribution in [1.29, 1.82) is 0 Å². The van der Waals surface area contributed by atoms with Gasteiger partial charge in [0.05, 0.1) is 0 Å². The van der Waals surface area contributed by atoms with E-state index in [4.69, 9.17) is 27.9 Å². The zero-order chi connectivity index (χ0) is 15.1. The number of benzene rings is 2. The van der Waals surface area contributed by atoms with Gasteiger partial charge in [-0.3, -0.25) is 0 Å². The molecule has 0 spiro atoms. The monoisotopic (exact) mass is 322 g/mol. The van der Waals surface area contributed by atoms with Crippen molar-refractivity contribution in [3.8, 4) is 17.6 Å². The van der Waals surface area contributed by atoms with E-state index in [2.05, 4.69) is 11.8 Å². The summed E-state index contributed by atoms with van der Waals surface area (Å²) >= 11 is 11.4. The molecule has 108 valence electrons. The van der Waals surface area contributed by atoms with E-state index in [0.717, 1.165) is 5.56 Å². The van der Waals surface area contributed by atoms with E-state index >= 15 is 0 Å². The largest absolute Gasteiger partial charge is 0.489 e. The molecule has 2 aromatic rings. The van der Waals surface area contributed by atoms with Crippen molar-refractivity contribution < 1.29 is 9.13 Å². The summed E-state index contributed by atoms with van der Waals surface area (Å²) in [6.45, 7) is 0.116. The summed E-state index contributed by atoms with van der Waals surface area (Å²) in [6, 6.07) is 11.7. The van der Waals surface area contributed by atoms with Crippen molar-refractivity contribution in [2.24, 2.45) is 0 Å². The second-order valence-electron chi connectivity index (χ2n) is 4.29. The van der Waals surface area contributed by atoms with Crippen molar-refractivity contribution >= 4 is 23.2 Å². The molecule has 0 aromatic heterocycles. The number of halogens is 3. The quantitative estimate of drug-likeness (QED) is 0.566. The van der Waals surface area contributed by atoms with Gasteiger partial charge < -0.3 is 4.74 Å². The summed E-state index contributed by atoms with van der Waals surface area (Å²) < 4.78 is 19.2. The average Bonchev–Trinajstić information content (AvgIpc) is 2.49. The first-order valence-electron chi connectivity index (χ1n) is 6.40. The molecule has 0 fully saturated rings. The van der Waals surface area contributed by atoms with Crippen LogP contribution in [0.2, 0.25) is 5.02 Å². The van der Waals surface area contributed by atoms with Crippen molar-refractivity contribution in [3.63, 3.8) is 0 Å². The number of alkyl halides is 1. The minimum atomic E-state index is -0.336. The zero-order valence-corrected chi connectivity index (χ0v) is 12.7. The number of hydrogen-bond donors (Lipinski definition) is 0. The molecule has 4 heteroatoms. The minimum Gasteiger partial charge on any atom is -0.489 e. The van der Waals surface area contributed by atoms with Gasteiger partial charge in [-0.1, -0.05) is 29.5 Å². The van der Waals surface area contributed by atoms with Crippen LogP contribution in [0.3, 0.4) is 0 Å². The highest BCUT2D eigenvalue weighted by molar-refractivity contribution is 6.30. The summed E-state index contributed by atoms with van der Waals surface area (Å²) in [5.74, 6) is 6.76. The second kappa shape index (κ2) is 7.93. The Labute approximate surface area is 133 Å². The Morgan fingerprint density at radius 1 is 1.14 bits per heavy atom. The van der Waals surface area contributed by atoms with Gasteiger partial charge in [0.2, 0.25) is 0 Å².